The highest BCUT2D eigenvalue weighted by Gasteiger charge is 2.35. The number of hydrogen-bond acceptors (Lipinski definition) is 4. The number of anilines is 1. The van der Waals surface area contributed by atoms with E-state index >= 15 is 0 Å². The standard InChI is InChI=1S/C15H18N2O5/c1-9(15(20)21)16-14(19)10-7-13(18)17(8-10)11-3-5-12(22-2)6-4-11/h3-6,9-10H,7-8H2,1-2H3,(H,16,19)(H,20,21)/t9-,10?/m0/s1. The first kappa shape index (κ1) is 15.8. The molecule has 7 nitrogen and oxygen atoms in total. The lowest BCUT2D eigenvalue weighted by atomic mass is 10.1. The Bertz CT molecular complexity index is 584. The molecule has 1 aromatic carbocycles. The zero-order valence-corrected chi connectivity index (χ0v) is 12.4. The number of rotatable bonds is 5. The van der Waals surface area contributed by atoms with Gasteiger partial charge in [-0.3, -0.25) is 14.4 Å². The molecular formula is C15H18N2O5. The SMILES string of the molecule is COc1ccc(N2CC(C(=O)N[C@@H](C)C(=O)O)CC2=O)cc1. The molecule has 118 valence electrons. The van der Waals surface area contributed by atoms with E-state index in [1.54, 1.807) is 31.4 Å². The van der Waals surface area contributed by atoms with E-state index in [9.17, 15) is 14.4 Å². The lowest BCUT2D eigenvalue weighted by Crippen LogP contribution is -2.42. The van der Waals surface area contributed by atoms with Gasteiger partial charge in [-0.25, -0.2) is 0 Å². The third kappa shape index (κ3) is 3.36. The van der Waals surface area contributed by atoms with Crippen LogP contribution in [0.5, 0.6) is 5.75 Å². The van der Waals surface area contributed by atoms with E-state index in [4.69, 9.17) is 9.84 Å². The average molecular weight is 306 g/mol. The molecule has 2 N–H and O–H groups in total. The Hall–Kier alpha value is -2.57. The number of nitrogens with one attached hydrogen (secondary N) is 1. The summed E-state index contributed by atoms with van der Waals surface area (Å²) in [7, 11) is 1.56. The molecule has 0 saturated carbocycles. The molecule has 1 aliphatic heterocycles. The fourth-order valence-corrected chi connectivity index (χ4v) is 2.29. The molecule has 2 rings (SSSR count). The van der Waals surface area contributed by atoms with Gasteiger partial charge >= 0.3 is 5.97 Å². The van der Waals surface area contributed by atoms with Crippen molar-refractivity contribution in [1.29, 1.82) is 0 Å². The number of ether oxygens (including phenoxy) is 1. The number of carbonyl (C=O) groups is 3. The van der Waals surface area contributed by atoms with Crippen molar-refractivity contribution < 1.29 is 24.2 Å². The largest absolute Gasteiger partial charge is 0.497 e. The summed E-state index contributed by atoms with van der Waals surface area (Å²) in [5.74, 6) is -1.55. The van der Waals surface area contributed by atoms with Crippen LogP contribution in [0.15, 0.2) is 24.3 Å². The summed E-state index contributed by atoms with van der Waals surface area (Å²) in [6.07, 6.45) is 0.0736. The topological polar surface area (TPSA) is 95.9 Å². The Morgan fingerprint density at radius 1 is 1.36 bits per heavy atom. The number of carbonyl (C=O) groups excluding carboxylic acids is 2. The Kier molecular flexibility index (Phi) is 4.65. The van der Waals surface area contributed by atoms with Gasteiger partial charge < -0.3 is 20.1 Å². The lowest BCUT2D eigenvalue weighted by Gasteiger charge is -2.17. The highest BCUT2D eigenvalue weighted by Crippen LogP contribution is 2.26. The molecule has 1 aromatic rings. The normalized spacial score (nSPS) is 18.9. The number of nitrogens with zero attached hydrogens (tertiary/aromatic N) is 1. The third-order valence-electron chi connectivity index (χ3n) is 3.61. The summed E-state index contributed by atoms with van der Waals surface area (Å²) in [6.45, 7) is 1.63. The second-order valence-electron chi connectivity index (χ2n) is 5.17. The maximum absolute atomic E-state index is 12.1. The summed E-state index contributed by atoms with van der Waals surface area (Å²) in [4.78, 5) is 36.4. The van der Waals surface area contributed by atoms with Gasteiger partial charge in [0.2, 0.25) is 11.8 Å². The van der Waals surface area contributed by atoms with Crippen molar-refractivity contribution in [1.82, 2.24) is 5.32 Å². The van der Waals surface area contributed by atoms with Gasteiger partial charge in [-0.2, -0.15) is 0 Å². The molecule has 2 amide bonds. The summed E-state index contributed by atoms with van der Waals surface area (Å²) in [5, 5.41) is 11.2. The van der Waals surface area contributed by atoms with E-state index in [0.29, 0.717) is 11.4 Å². The minimum Gasteiger partial charge on any atom is -0.497 e. The lowest BCUT2D eigenvalue weighted by molar-refractivity contribution is -0.141. The molecule has 1 saturated heterocycles. The van der Waals surface area contributed by atoms with Crippen LogP contribution < -0.4 is 15.0 Å². The van der Waals surface area contributed by atoms with Gasteiger partial charge in [-0.15, -0.1) is 0 Å². The van der Waals surface area contributed by atoms with E-state index in [2.05, 4.69) is 5.32 Å². The van der Waals surface area contributed by atoms with E-state index in [-0.39, 0.29) is 18.9 Å². The smallest absolute Gasteiger partial charge is 0.325 e. The van der Waals surface area contributed by atoms with Crippen molar-refractivity contribution in [3.63, 3.8) is 0 Å². The molecule has 0 spiro atoms. The van der Waals surface area contributed by atoms with Crippen LogP contribution in [0.3, 0.4) is 0 Å². The molecule has 2 atom stereocenters. The number of amides is 2. The zero-order valence-electron chi connectivity index (χ0n) is 12.4. The van der Waals surface area contributed by atoms with Crippen LogP contribution in [-0.4, -0.2) is 42.6 Å². The first-order valence-electron chi connectivity index (χ1n) is 6.90. The van der Waals surface area contributed by atoms with E-state index in [1.165, 1.54) is 11.8 Å². The van der Waals surface area contributed by atoms with Gasteiger partial charge in [0.05, 0.1) is 13.0 Å². The minimum atomic E-state index is -1.11. The second kappa shape index (κ2) is 6.46. The van der Waals surface area contributed by atoms with Crippen molar-refractivity contribution in [2.45, 2.75) is 19.4 Å². The number of hydrogen-bond donors (Lipinski definition) is 2. The maximum Gasteiger partial charge on any atom is 0.325 e. The van der Waals surface area contributed by atoms with E-state index in [1.807, 2.05) is 0 Å². The van der Waals surface area contributed by atoms with Crippen LogP contribution in [0.2, 0.25) is 0 Å². The van der Waals surface area contributed by atoms with Gasteiger partial charge in [0.15, 0.2) is 0 Å². The molecule has 0 aliphatic carbocycles. The fraction of sp³-hybridized carbons (Fsp3) is 0.400. The van der Waals surface area contributed by atoms with E-state index < -0.39 is 23.8 Å². The highest BCUT2D eigenvalue weighted by molar-refractivity contribution is 6.00. The molecule has 1 heterocycles. The van der Waals surface area contributed by atoms with Crippen LogP contribution in [0.1, 0.15) is 13.3 Å². The molecule has 0 bridgehead atoms. The Morgan fingerprint density at radius 3 is 2.55 bits per heavy atom. The van der Waals surface area contributed by atoms with Crippen LogP contribution in [0.25, 0.3) is 0 Å². The van der Waals surface area contributed by atoms with Crippen molar-refractivity contribution in [2.75, 3.05) is 18.6 Å². The predicted molar refractivity (Wildman–Crippen MR) is 78.7 cm³/mol. The monoisotopic (exact) mass is 306 g/mol. The molecule has 1 aliphatic rings. The molecule has 22 heavy (non-hydrogen) atoms. The second-order valence-corrected chi connectivity index (χ2v) is 5.17. The van der Waals surface area contributed by atoms with Gasteiger partial charge in [-0.05, 0) is 31.2 Å². The van der Waals surface area contributed by atoms with Crippen molar-refractivity contribution in [2.24, 2.45) is 5.92 Å². The molecule has 1 unspecified atom stereocenters. The van der Waals surface area contributed by atoms with Gasteiger partial charge in [0.1, 0.15) is 11.8 Å². The predicted octanol–water partition coefficient (Wildman–Crippen LogP) is 0.637. The molecule has 0 aromatic heterocycles. The fourth-order valence-electron chi connectivity index (χ4n) is 2.29. The molecular weight excluding hydrogens is 288 g/mol. The number of carboxylic acids is 1. The van der Waals surface area contributed by atoms with Crippen LogP contribution in [0.4, 0.5) is 5.69 Å². The molecule has 1 fully saturated rings. The van der Waals surface area contributed by atoms with Crippen molar-refractivity contribution in [3.05, 3.63) is 24.3 Å². The summed E-state index contributed by atoms with van der Waals surface area (Å²) in [5.41, 5.74) is 0.687. The first-order valence-corrected chi connectivity index (χ1v) is 6.90. The van der Waals surface area contributed by atoms with Gasteiger partial charge in [0.25, 0.3) is 0 Å². The van der Waals surface area contributed by atoms with Crippen LogP contribution in [0, 0.1) is 5.92 Å². The van der Waals surface area contributed by atoms with Crippen LogP contribution >= 0.6 is 0 Å². The first-order chi connectivity index (χ1) is 10.4. The van der Waals surface area contributed by atoms with Crippen LogP contribution in [-0.2, 0) is 14.4 Å². The highest BCUT2D eigenvalue weighted by atomic mass is 16.5. The molecule has 0 radical (unpaired) electrons. The van der Waals surface area contributed by atoms with Gasteiger partial charge in [-0.1, -0.05) is 0 Å². The zero-order chi connectivity index (χ0) is 16.3. The summed E-state index contributed by atoms with van der Waals surface area (Å²) >= 11 is 0. The number of carboxylic acid groups (broad SMARTS) is 1. The van der Waals surface area contributed by atoms with Crippen molar-refractivity contribution >= 4 is 23.5 Å². The quantitative estimate of drug-likeness (QED) is 0.832. The number of benzene rings is 1. The summed E-state index contributed by atoms with van der Waals surface area (Å²) in [6, 6.07) is 6.00. The third-order valence-corrected chi connectivity index (χ3v) is 3.61. The number of methoxy groups -OCH3 is 1. The molecule has 7 heteroatoms. The van der Waals surface area contributed by atoms with Crippen molar-refractivity contribution in [3.8, 4) is 5.75 Å². The Balaban J connectivity index is 2.03. The Morgan fingerprint density at radius 2 is 2.00 bits per heavy atom. The maximum atomic E-state index is 12.1. The van der Waals surface area contributed by atoms with Gasteiger partial charge in [0, 0.05) is 18.7 Å². The Labute approximate surface area is 127 Å². The van der Waals surface area contributed by atoms with E-state index in [0.717, 1.165) is 0 Å². The minimum absolute atomic E-state index is 0.0736. The average Bonchev–Trinajstić information content (AvgIpc) is 2.89. The number of aliphatic carboxylic acids is 1. The summed E-state index contributed by atoms with van der Waals surface area (Å²) < 4.78 is 5.06.